The number of carbonyl (C=O) groups is 2. The van der Waals surface area contributed by atoms with Crippen LogP contribution in [0.5, 0.6) is 5.75 Å². The number of imide groups is 1. The number of benzene rings is 1. The highest BCUT2D eigenvalue weighted by Gasteiger charge is 2.39. The van der Waals surface area contributed by atoms with E-state index in [1.54, 1.807) is 49.7 Å². The first kappa shape index (κ1) is 18.2. The van der Waals surface area contributed by atoms with Crippen molar-refractivity contribution in [1.82, 2.24) is 9.88 Å². The van der Waals surface area contributed by atoms with E-state index in [4.69, 9.17) is 9.84 Å². The van der Waals surface area contributed by atoms with Gasteiger partial charge < -0.3 is 9.84 Å². The molecule has 1 aromatic heterocycles. The SMILES string of the molecule is COc1ccc(C2=C(SCCO)C(=O)N(Cc3ccccn3)C2=O)cc1. The van der Waals surface area contributed by atoms with Crippen molar-refractivity contribution in [3.8, 4) is 5.75 Å². The van der Waals surface area contributed by atoms with Crippen molar-refractivity contribution in [2.45, 2.75) is 6.54 Å². The van der Waals surface area contributed by atoms with Gasteiger partial charge in [-0.1, -0.05) is 18.2 Å². The minimum atomic E-state index is -0.357. The second kappa shape index (κ2) is 8.16. The maximum Gasteiger partial charge on any atom is 0.268 e. The fourth-order valence-electron chi connectivity index (χ4n) is 2.64. The summed E-state index contributed by atoms with van der Waals surface area (Å²) in [6, 6.07) is 12.4. The van der Waals surface area contributed by atoms with Gasteiger partial charge in [-0.2, -0.15) is 0 Å². The topological polar surface area (TPSA) is 79.7 Å². The Morgan fingerprint density at radius 2 is 1.88 bits per heavy atom. The molecule has 1 aromatic carbocycles. The summed E-state index contributed by atoms with van der Waals surface area (Å²) in [6.07, 6.45) is 1.62. The summed E-state index contributed by atoms with van der Waals surface area (Å²) in [4.78, 5) is 31.5. The number of ether oxygens (including phenoxy) is 1. The number of thioether (sulfide) groups is 1. The zero-order valence-corrected chi connectivity index (χ0v) is 15.0. The lowest BCUT2D eigenvalue weighted by molar-refractivity contribution is -0.137. The summed E-state index contributed by atoms with van der Waals surface area (Å²) in [6.45, 7) is 0.0348. The molecular formula is C19H18N2O4S. The van der Waals surface area contributed by atoms with Crippen molar-refractivity contribution >= 4 is 29.1 Å². The van der Waals surface area contributed by atoms with Gasteiger partial charge in [0, 0.05) is 11.9 Å². The van der Waals surface area contributed by atoms with Gasteiger partial charge in [0.15, 0.2) is 0 Å². The lowest BCUT2D eigenvalue weighted by atomic mass is 10.1. The van der Waals surface area contributed by atoms with Crippen LogP contribution in [0.25, 0.3) is 5.57 Å². The van der Waals surface area contributed by atoms with Gasteiger partial charge in [-0.3, -0.25) is 19.5 Å². The molecule has 3 rings (SSSR count). The average molecular weight is 370 g/mol. The van der Waals surface area contributed by atoms with Crippen LogP contribution in [0.4, 0.5) is 0 Å². The van der Waals surface area contributed by atoms with Crippen LogP contribution >= 0.6 is 11.8 Å². The first-order chi connectivity index (χ1) is 12.7. The number of pyridine rings is 1. The fourth-order valence-corrected chi connectivity index (χ4v) is 3.52. The minimum absolute atomic E-state index is 0.0776. The summed E-state index contributed by atoms with van der Waals surface area (Å²) in [7, 11) is 1.57. The molecule has 2 amide bonds. The molecule has 6 nitrogen and oxygen atoms in total. The molecule has 1 aliphatic heterocycles. The summed E-state index contributed by atoms with van der Waals surface area (Å²) < 4.78 is 5.15. The minimum Gasteiger partial charge on any atom is -0.497 e. The number of amides is 2. The van der Waals surface area contributed by atoms with Crippen LogP contribution in [0.15, 0.2) is 53.6 Å². The molecule has 0 radical (unpaired) electrons. The predicted octanol–water partition coefficient (Wildman–Crippen LogP) is 2.10. The van der Waals surface area contributed by atoms with Crippen molar-refractivity contribution in [2.24, 2.45) is 0 Å². The van der Waals surface area contributed by atoms with Crippen molar-refractivity contribution in [1.29, 1.82) is 0 Å². The molecule has 2 heterocycles. The largest absolute Gasteiger partial charge is 0.497 e. The smallest absolute Gasteiger partial charge is 0.268 e. The molecule has 2 aromatic rings. The van der Waals surface area contributed by atoms with Gasteiger partial charge in [-0.25, -0.2) is 0 Å². The molecule has 26 heavy (non-hydrogen) atoms. The molecule has 0 aliphatic carbocycles. The molecule has 134 valence electrons. The van der Waals surface area contributed by atoms with Crippen LogP contribution < -0.4 is 4.74 Å². The van der Waals surface area contributed by atoms with E-state index in [1.807, 2.05) is 6.07 Å². The van der Waals surface area contributed by atoms with Crippen LogP contribution in [0.2, 0.25) is 0 Å². The Labute approximate surface area is 155 Å². The highest BCUT2D eigenvalue weighted by atomic mass is 32.2. The third-order valence-electron chi connectivity index (χ3n) is 3.89. The van der Waals surface area contributed by atoms with Gasteiger partial charge >= 0.3 is 0 Å². The van der Waals surface area contributed by atoms with E-state index in [0.717, 1.165) is 0 Å². The third-order valence-corrected chi connectivity index (χ3v) is 4.94. The number of hydrogen-bond donors (Lipinski definition) is 1. The predicted molar refractivity (Wildman–Crippen MR) is 99.3 cm³/mol. The maximum atomic E-state index is 13.0. The highest BCUT2D eigenvalue weighted by molar-refractivity contribution is 8.04. The third kappa shape index (κ3) is 3.63. The quantitative estimate of drug-likeness (QED) is 0.752. The fraction of sp³-hybridized carbons (Fsp3) is 0.211. The Kier molecular flexibility index (Phi) is 5.70. The molecule has 0 unspecified atom stereocenters. The first-order valence-corrected chi connectivity index (χ1v) is 9.02. The number of aromatic nitrogens is 1. The van der Waals surface area contributed by atoms with E-state index < -0.39 is 0 Å². The Morgan fingerprint density at radius 1 is 1.12 bits per heavy atom. The van der Waals surface area contributed by atoms with E-state index >= 15 is 0 Å². The van der Waals surface area contributed by atoms with Crippen LogP contribution in [-0.4, -0.2) is 46.3 Å². The van der Waals surface area contributed by atoms with Crippen LogP contribution in [0, 0.1) is 0 Å². The average Bonchev–Trinajstić information content (AvgIpc) is 2.91. The summed E-state index contributed by atoms with van der Waals surface area (Å²) in [5.41, 5.74) is 1.64. The van der Waals surface area contributed by atoms with E-state index in [9.17, 15) is 9.59 Å². The molecule has 0 fully saturated rings. The van der Waals surface area contributed by atoms with E-state index in [0.29, 0.717) is 33.2 Å². The molecular weight excluding hydrogens is 352 g/mol. The molecule has 0 atom stereocenters. The number of carbonyl (C=O) groups excluding carboxylic acids is 2. The number of aliphatic hydroxyl groups excluding tert-OH is 1. The van der Waals surface area contributed by atoms with Crippen molar-refractivity contribution in [3.63, 3.8) is 0 Å². The van der Waals surface area contributed by atoms with Gasteiger partial charge in [-0.05, 0) is 29.8 Å². The Balaban J connectivity index is 1.95. The van der Waals surface area contributed by atoms with Crippen molar-refractivity contribution in [2.75, 3.05) is 19.5 Å². The number of nitrogens with zero attached hydrogens (tertiary/aromatic N) is 2. The number of aliphatic hydroxyl groups is 1. The Bertz CT molecular complexity index is 834. The van der Waals surface area contributed by atoms with Gasteiger partial charge in [0.2, 0.25) is 0 Å². The lowest BCUT2D eigenvalue weighted by Crippen LogP contribution is -2.31. The maximum absolute atomic E-state index is 13.0. The number of methoxy groups -OCH3 is 1. The molecule has 1 N–H and O–H groups in total. The number of rotatable bonds is 7. The summed E-state index contributed by atoms with van der Waals surface area (Å²) in [5, 5.41) is 9.13. The second-order valence-electron chi connectivity index (χ2n) is 5.52. The number of hydrogen-bond acceptors (Lipinski definition) is 6. The van der Waals surface area contributed by atoms with Gasteiger partial charge in [0.05, 0.1) is 36.4 Å². The van der Waals surface area contributed by atoms with Crippen LogP contribution in [0.1, 0.15) is 11.3 Å². The van der Waals surface area contributed by atoms with Gasteiger partial charge in [-0.15, -0.1) is 11.8 Å². The molecule has 0 bridgehead atoms. The monoisotopic (exact) mass is 370 g/mol. The summed E-state index contributed by atoms with van der Waals surface area (Å²) >= 11 is 1.19. The van der Waals surface area contributed by atoms with Crippen LogP contribution in [-0.2, 0) is 16.1 Å². The lowest BCUT2D eigenvalue weighted by Gasteiger charge is -2.14. The van der Waals surface area contributed by atoms with Crippen molar-refractivity contribution in [3.05, 3.63) is 64.8 Å². The van der Waals surface area contributed by atoms with E-state index in [2.05, 4.69) is 4.98 Å². The highest BCUT2D eigenvalue weighted by Crippen LogP contribution is 2.37. The van der Waals surface area contributed by atoms with E-state index in [-0.39, 0.29) is 25.0 Å². The van der Waals surface area contributed by atoms with E-state index in [1.165, 1.54) is 16.7 Å². The molecule has 0 spiro atoms. The first-order valence-electron chi connectivity index (χ1n) is 8.04. The summed E-state index contributed by atoms with van der Waals surface area (Å²) in [5.74, 6) is 0.294. The molecule has 1 aliphatic rings. The normalized spacial score (nSPS) is 14.3. The standard InChI is InChI=1S/C19H18N2O4S/c1-25-15-7-5-13(6-8-15)16-17(26-11-10-22)19(24)21(18(16)23)12-14-4-2-3-9-20-14/h2-9,22H,10-12H2,1H3. The van der Waals surface area contributed by atoms with Crippen LogP contribution in [0.3, 0.4) is 0 Å². The zero-order chi connectivity index (χ0) is 18.5. The molecule has 0 saturated heterocycles. The van der Waals surface area contributed by atoms with Gasteiger partial charge in [0.1, 0.15) is 5.75 Å². The Hall–Kier alpha value is -2.64. The molecule has 7 heteroatoms. The zero-order valence-electron chi connectivity index (χ0n) is 14.2. The Morgan fingerprint density at radius 3 is 2.50 bits per heavy atom. The molecule has 0 saturated carbocycles. The van der Waals surface area contributed by atoms with Crippen molar-refractivity contribution < 1.29 is 19.4 Å². The second-order valence-corrected chi connectivity index (χ2v) is 6.63. The van der Waals surface area contributed by atoms with Gasteiger partial charge in [0.25, 0.3) is 11.8 Å².